The lowest BCUT2D eigenvalue weighted by molar-refractivity contribution is -0.118. The average molecular weight is 380 g/mol. The fourth-order valence-electron chi connectivity index (χ4n) is 3.40. The third-order valence-corrected chi connectivity index (χ3v) is 4.81. The largest absolute Gasteiger partial charge is 0.462 e. The van der Waals surface area contributed by atoms with Gasteiger partial charge in [0.1, 0.15) is 0 Å². The second kappa shape index (κ2) is 8.69. The van der Waals surface area contributed by atoms with Gasteiger partial charge in [0.05, 0.1) is 12.2 Å². The third-order valence-electron chi connectivity index (χ3n) is 4.81. The lowest BCUT2D eigenvalue weighted by Gasteiger charge is -2.23. The van der Waals surface area contributed by atoms with Crippen LogP contribution in [0.5, 0.6) is 0 Å². The standard InChI is InChI=1S/C22H24N2O4/c1-3-28-22(27)18-8-10-19(11-9-18)23(16(2)25)15-13-21(26)24-14-12-17-6-4-5-7-20(17)24/h4-11H,3,12-15H2,1-2H3. The molecule has 3 rings (SSSR count). The van der Waals surface area contributed by atoms with Gasteiger partial charge in [0.15, 0.2) is 0 Å². The molecule has 0 aliphatic carbocycles. The molecule has 0 unspecified atom stereocenters. The smallest absolute Gasteiger partial charge is 0.338 e. The predicted octanol–water partition coefficient (Wildman–Crippen LogP) is 3.20. The molecule has 28 heavy (non-hydrogen) atoms. The van der Waals surface area contributed by atoms with Crippen LogP contribution in [-0.2, 0) is 20.7 Å². The Morgan fingerprint density at radius 1 is 1.07 bits per heavy atom. The Morgan fingerprint density at radius 2 is 1.79 bits per heavy atom. The number of hydrogen-bond acceptors (Lipinski definition) is 4. The maximum Gasteiger partial charge on any atom is 0.338 e. The second-order valence-corrected chi connectivity index (χ2v) is 6.61. The summed E-state index contributed by atoms with van der Waals surface area (Å²) in [5, 5.41) is 0. The summed E-state index contributed by atoms with van der Waals surface area (Å²) in [6.45, 7) is 4.48. The number of rotatable bonds is 6. The summed E-state index contributed by atoms with van der Waals surface area (Å²) in [6.07, 6.45) is 1.08. The molecular formula is C22H24N2O4. The van der Waals surface area contributed by atoms with Gasteiger partial charge in [-0.2, -0.15) is 0 Å². The van der Waals surface area contributed by atoms with Crippen molar-refractivity contribution >= 4 is 29.2 Å². The molecule has 6 nitrogen and oxygen atoms in total. The Kier molecular flexibility index (Phi) is 6.09. The maximum absolute atomic E-state index is 12.7. The van der Waals surface area contributed by atoms with Crippen molar-refractivity contribution in [1.29, 1.82) is 0 Å². The highest BCUT2D eigenvalue weighted by atomic mass is 16.5. The van der Waals surface area contributed by atoms with Crippen LogP contribution in [0.4, 0.5) is 11.4 Å². The summed E-state index contributed by atoms with van der Waals surface area (Å²) >= 11 is 0. The Hall–Kier alpha value is -3.15. The van der Waals surface area contributed by atoms with E-state index in [9.17, 15) is 14.4 Å². The summed E-state index contributed by atoms with van der Waals surface area (Å²) in [5.74, 6) is -0.552. The lowest BCUT2D eigenvalue weighted by Crippen LogP contribution is -2.35. The van der Waals surface area contributed by atoms with Crippen molar-refractivity contribution in [3.8, 4) is 0 Å². The van der Waals surface area contributed by atoms with Gasteiger partial charge in [-0.3, -0.25) is 9.59 Å². The van der Waals surface area contributed by atoms with Crippen molar-refractivity contribution < 1.29 is 19.1 Å². The molecule has 0 radical (unpaired) electrons. The van der Waals surface area contributed by atoms with Gasteiger partial charge >= 0.3 is 5.97 Å². The summed E-state index contributed by atoms with van der Waals surface area (Å²) in [4.78, 5) is 39.9. The molecule has 1 heterocycles. The van der Waals surface area contributed by atoms with Crippen molar-refractivity contribution in [2.24, 2.45) is 0 Å². The van der Waals surface area contributed by atoms with E-state index < -0.39 is 5.97 Å². The Morgan fingerprint density at radius 3 is 2.46 bits per heavy atom. The van der Waals surface area contributed by atoms with Crippen molar-refractivity contribution in [3.63, 3.8) is 0 Å². The van der Waals surface area contributed by atoms with Gasteiger partial charge < -0.3 is 14.5 Å². The highest BCUT2D eigenvalue weighted by Crippen LogP contribution is 2.28. The van der Waals surface area contributed by atoms with Crippen molar-refractivity contribution in [2.45, 2.75) is 26.7 Å². The molecule has 0 spiro atoms. The molecule has 2 amide bonds. The van der Waals surface area contributed by atoms with Gasteiger partial charge in [-0.25, -0.2) is 4.79 Å². The van der Waals surface area contributed by atoms with Gasteiger partial charge in [-0.15, -0.1) is 0 Å². The first-order chi connectivity index (χ1) is 13.5. The van der Waals surface area contributed by atoms with Crippen molar-refractivity contribution in [2.75, 3.05) is 29.5 Å². The monoisotopic (exact) mass is 380 g/mol. The quantitative estimate of drug-likeness (QED) is 0.722. The number of esters is 1. The molecule has 146 valence electrons. The zero-order chi connectivity index (χ0) is 20.1. The van der Waals surface area contributed by atoms with Gasteiger partial charge in [-0.1, -0.05) is 18.2 Å². The van der Waals surface area contributed by atoms with Gasteiger partial charge in [0.2, 0.25) is 11.8 Å². The fraction of sp³-hybridized carbons (Fsp3) is 0.318. The van der Waals surface area contributed by atoms with E-state index in [-0.39, 0.29) is 24.8 Å². The van der Waals surface area contributed by atoms with E-state index in [4.69, 9.17) is 4.74 Å². The lowest BCUT2D eigenvalue weighted by atomic mass is 10.2. The topological polar surface area (TPSA) is 66.9 Å². The molecule has 0 saturated heterocycles. The van der Waals surface area contributed by atoms with Crippen LogP contribution < -0.4 is 9.80 Å². The van der Waals surface area contributed by atoms with Crippen LogP contribution in [0.2, 0.25) is 0 Å². The molecule has 0 N–H and O–H groups in total. The first-order valence-electron chi connectivity index (χ1n) is 9.44. The van der Waals surface area contributed by atoms with Gasteiger partial charge in [0, 0.05) is 37.8 Å². The first-order valence-corrected chi connectivity index (χ1v) is 9.44. The number of nitrogens with zero attached hydrogens (tertiary/aromatic N) is 2. The van der Waals surface area contributed by atoms with Crippen molar-refractivity contribution in [1.82, 2.24) is 0 Å². The molecule has 0 atom stereocenters. The van der Waals surface area contributed by atoms with Crippen LogP contribution in [0.15, 0.2) is 48.5 Å². The fourth-order valence-corrected chi connectivity index (χ4v) is 3.40. The van der Waals surface area contributed by atoms with E-state index >= 15 is 0 Å². The minimum atomic E-state index is -0.397. The Bertz CT molecular complexity index is 876. The summed E-state index contributed by atoms with van der Waals surface area (Å²) in [7, 11) is 0. The molecule has 1 aliphatic heterocycles. The zero-order valence-electron chi connectivity index (χ0n) is 16.2. The van der Waals surface area contributed by atoms with Crippen LogP contribution in [0.25, 0.3) is 0 Å². The SMILES string of the molecule is CCOC(=O)c1ccc(N(CCC(=O)N2CCc3ccccc32)C(C)=O)cc1. The van der Waals surface area contributed by atoms with Crippen LogP contribution >= 0.6 is 0 Å². The molecule has 0 saturated carbocycles. The van der Waals surface area contributed by atoms with Gasteiger partial charge in [-0.05, 0) is 49.2 Å². The summed E-state index contributed by atoms with van der Waals surface area (Å²) < 4.78 is 4.97. The maximum atomic E-state index is 12.7. The van der Waals surface area contributed by atoms with Crippen LogP contribution in [-0.4, -0.2) is 37.5 Å². The van der Waals surface area contributed by atoms with Crippen LogP contribution in [0.1, 0.15) is 36.2 Å². The summed E-state index contributed by atoms with van der Waals surface area (Å²) in [5.41, 5.74) is 3.21. The van der Waals surface area contributed by atoms with E-state index in [0.717, 1.165) is 12.1 Å². The molecule has 6 heteroatoms. The molecular weight excluding hydrogens is 356 g/mol. The number of benzene rings is 2. The number of hydrogen-bond donors (Lipinski definition) is 0. The van der Waals surface area contributed by atoms with Crippen LogP contribution in [0.3, 0.4) is 0 Å². The molecule has 0 bridgehead atoms. The number of carbonyl (C=O) groups is 3. The van der Waals surface area contributed by atoms with E-state index in [1.54, 1.807) is 41.0 Å². The summed E-state index contributed by atoms with van der Waals surface area (Å²) in [6, 6.07) is 14.5. The number of anilines is 2. The number of para-hydroxylation sites is 1. The normalized spacial score (nSPS) is 12.4. The predicted molar refractivity (Wildman–Crippen MR) is 108 cm³/mol. The number of ether oxygens (including phenoxy) is 1. The first kappa shape index (κ1) is 19.6. The Labute approximate surface area is 164 Å². The second-order valence-electron chi connectivity index (χ2n) is 6.61. The number of carbonyl (C=O) groups excluding carboxylic acids is 3. The number of fused-ring (bicyclic) bond motifs is 1. The van der Waals surface area contributed by atoms with E-state index in [0.29, 0.717) is 24.4 Å². The molecule has 2 aromatic rings. The molecule has 1 aliphatic rings. The van der Waals surface area contributed by atoms with E-state index in [1.807, 2.05) is 24.3 Å². The number of amides is 2. The molecule has 0 aromatic heterocycles. The van der Waals surface area contributed by atoms with Crippen molar-refractivity contribution in [3.05, 3.63) is 59.7 Å². The zero-order valence-corrected chi connectivity index (χ0v) is 16.2. The minimum absolute atomic E-state index is 0.000608. The minimum Gasteiger partial charge on any atom is -0.462 e. The molecule has 0 fully saturated rings. The third kappa shape index (κ3) is 4.22. The highest BCUT2D eigenvalue weighted by molar-refractivity contribution is 5.98. The highest BCUT2D eigenvalue weighted by Gasteiger charge is 2.25. The Balaban J connectivity index is 1.66. The van der Waals surface area contributed by atoms with E-state index in [2.05, 4.69) is 0 Å². The molecule has 2 aromatic carbocycles. The average Bonchev–Trinajstić information content (AvgIpc) is 3.12. The van der Waals surface area contributed by atoms with Gasteiger partial charge in [0.25, 0.3) is 0 Å². The van der Waals surface area contributed by atoms with Crippen LogP contribution in [0, 0.1) is 0 Å². The van der Waals surface area contributed by atoms with E-state index in [1.165, 1.54) is 12.5 Å².